The molecule has 114 valence electrons. The normalized spacial score (nSPS) is 20.4. The highest BCUT2D eigenvalue weighted by molar-refractivity contribution is 4.74. The fourth-order valence-electron chi connectivity index (χ4n) is 3.68. The van der Waals surface area contributed by atoms with Crippen molar-refractivity contribution in [3.63, 3.8) is 0 Å². The molecule has 1 N–H and O–H groups in total. The van der Waals surface area contributed by atoms with Crippen molar-refractivity contribution < 1.29 is 0 Å². The lowest BCUT2D eigenvalue weighted by atomic mass is 9.83. The van der Waals surface area contributed by atoms with Crippen molar-refractivity contribution >= 4 is 0 Å². The summed E-state index contributed by atoms with van der Waals surface area (Å²) in [4.78, 5) is 0. The molecule has 1 nitrogen and oxygen atoms in total. The average Bonchev–Trinajstić information content (AvgIpc) is 2.47. The Kier molecular flexibility index (Phi) is 9.59. The van der Waals surface area contributed by atoms with E-state index in [-0.39, 0.29) is 0 Å². The third-order valence-electron chi connectivity index (χ3n) is 5.22. The Hall–Kier alpha value is -0.0400. The maximum absolute atomic E-state index is 3.58. The van der Waals surface area contributed by atoms with Gasteiger partial charge in [-0.05, 0) is 38.1 Å². The Morgan fingerprint density at radius 1 is 1.05 bits per heavy atom. The van der Waals surface area contributed by atoms with Gasteiger partial charge in [0, 0.05) is 6.04 Å². The van der Waals surface area contributed by atoms with Crippen molar-refractivity contribution in [1.82, 2.24) is 5.32 Å². The molecule has 0 saturated heterocycles. The van der Waals surface area contributed by atoms with Gasteiger partial charge >= 0.3 is 0 Å². The molecule has 0 radical (unpaired) electrons. The zero-order valence-electron chi connectivity index (χ0n) is 13.7. The van der Waals surface area contributed by atoms with Crippen molar-refractivity contribution in [2.45, 2.75) is 96.9 Å². The highest BCUT2D eigenvalue weighted by Gasteiger charge is 2.17. The summed E-state index contributed by atoms with van der Waals surface area (Å²) in [6, 6.07) is 0.767. The van der Waals surface area contributed by atoms with Crippen LogP contribution in [0.25, 0.3) is 0 Å². The standard InChI is InChI=1S/C18H37N/c1-4-6-10-16(5-2)15-18(19-3)14-13-17-11-8-7-9-12-17/h16-19H,4-15H2,1-3H3. The summed E-state index contributed by atoms with van der Waals surface area (Å²) in [5.74, 6) is 1.99. The highest BCUT2D eigenvalue weighted by atomic mass is 14.9. The quantitative estimate of drug-likeness (QED) is 0.548. The molecule has 1 heteroatoms. The molecule has 1 aliphatic rings. The van der Waals surface area contributed by atoms with Crippen LogP contribution in [0, 0.1) is 11.8 Å². The number of hydrogen-bond acceptors (Lipinski definition) is 1. The molecule has 1 aliphatic carbocycles. The maximum Gasteiger partial charge on any atom is 0.00668 e. The molecule has 1 saturated carbocycles. The van der Waals surface area contributed by atoms with Crippen LogP contribution in [0.15, 0.2) is 0 Å². The summed E-state index contributed by atoms with van der Waals surface area (Å²) in [7, 11) is 2.16. The van der Waals surface area contributed by atoms with E-state index in [4.69, 9.17) is 0 Å². The van der Waals surface area contributed by atoms with E-state index in [1.165, 1.54) is 77.0 Å². The minimum Gasteiger partial charge on any atom is -0.317 e. The van der Waals surface area contributed by atoms with Crippen LogP contribution in [0.5, 0.6) is 0 Å². The summed E-state index contributed by atoms with van der Waals surface area (Å²) in [5, 5.41) is 3.58. The van der Waals surface area contributed by atoms with Crippen LogP contribution in [0.1, 0.15) is 90.9 Å². The van der Waals surface area contributed by atoms with Crippen molar-refractivity contribution in [2.75, 3.05) is 7.05 Å². The summed E-state index contributed by atoms with van der Waals surface area (Å²) in [6.45, 7) is 4.68. The first-order valence-corrected chi connectivity index (χ1v) is 8.97. The van der Waals surface area contributed by atoms with Crippen LogP contribution >= 0.6 is 0 Å². The Morgan fingerprint density at radius 2 is 1.79 bits per heavy atom. The van der Waals surface area contributed by atoms with Gasteiger partial charge in [0.25, 0.3) is 0 Å². The van der Waals surface area contributed by atoms with Gasteiger partial charge in [-0.25, -0.2) is 0 Å². The van der Waals surface area contributed by atoms with Gasteiger partial charge in [-0.3, -0.25) is 0 Å². The molecule has 0 aliphatic heterocycles. The highest BCUT2D eigenvalue weighted by Crippen LogP contribution is 2.29. The SMILES string of the molecule is CCCCC(CC)CC(CCC1CCCCC1)NC. The first-order chi connectivity index (χ1) is 9.30. The second-order valence-corrected chi connectivity index (χ2v) is 6.72. The largest absolute Gasteiger partial charge is 0.317 e. The molecule has 2 unspecified atom stereocenters. The summed E-state index contributed by atoms with van der Waals surface area (Å²) < 4.78 is 0. The Balaban J connectivity index is 2.22. The zero-order valence-corrected chi connectivity index (χ0v) is 13.7. The third-order valence-corrected chi connectivity index (χ3v) is 5.22. The molecule has 0 aromatic rings. The van der Waals surface area contributed by atoms with Crippen LogP contribution < -0.4 is 5.32 Å². The smallest absolute Gasteiger partial charge is 0.00668 e. The summed E-state index contributed by atoms with van der Waals surface area (Å²) in [6.07, 6.45) is 17.3. The second kappa shape index (κ2) is 10.7. The van der Waals surface area contributed by atoms with E-state index in [0.717, 1.165) is 17.9 Å². The minimum atomic E-state index is 0.767. The second-order valence-electron chi connectivity index (χ2n) is 6.72. The lowest BCUT2D eigenvalue weighted by molar-refractivity contribution is 0.291. The first kappa shape index (κ1) is 17.0. The van der Waals surface area contributed by atoms with Crippen molar-refractivity contribution in [1.29, 1.82) is 0 Å². The molecule has 1 rings (SSSR count). The van der Waals surface area contributed by atoms with E-state index >= 15 is 0 Å². The van der Waals surface area contributed by atoms with Gasteiger partial charge in [0.15, 0.2) is 0 Å². The Labute approximate surface area is 121 Å². The molecule has 2 atom stereocenters. The molecule has 0 amide bonds. The number of rotatable bonds is 10. The number of nitrogens with one attached hydrogen (secondary N) is 1. The molecule has 19 heavy (non-hydrogen) atoms. The summed E-state index contributed by atoms with van der Waals surface area (Å²) >= 11 is 0. The molecule has 0 bridgehead atoms. The van der Waals surface area contributed by atoms with Crippen molar-refractivity contribution in [3.05, 3.63) is 0 Å². The molecular formula is C18H37N. The average molecular weight is 268 g/mol. The van der Waals surface area contributed by atoms with Gasteiger partial charge in [0.1, 0.15) is 0 Å². The first-order valence-electron chi connectivity index (χ1n) is 8.97. The Bertz CT molecular complexity index is 196. The van der Waals surface area contributed by atoms with Crippen LogP contribution in [-0.4, -0.2) is 13.1 Å². The van der Waals surface area contributed by atoms with Gasteiger partial charge in [-0.2, -0.15) is 0 Å². The monoisotopic (exact) mass is 267 g/mol. The lowest BCUT2D eigenvalue weighted by Crippen LogP contribution is -2.28. The van der Waals surface area contributed by atoms with Gasteiger partial charge in [-0.1, -0.05) is 71.6 Å². The molecule has 1 fully saturated rings. The summed E-state index contributed by atoms with van der Waals surface area (Å²) in [5.41, 5.74) is 0. The van der Waals surface area contributed by atoms with Crippen LogP contribution in [0.2, 0.25) is 0 Å². The number of hydrogen-bond donors (Lipinski definition) is 1. The third kappa shape index (κ3) is 7.34. The van der Waals surface area contributed by atoms with E-state index in [2.05, 4.69) is 26.2 Å². The Morgan fingerprint density at radius 3 is 2.37 bits per heavy atom. The van der Waals surface area contributed by atoms with Gasteiger partial charge < -0.3 is 5.32 Å². The van der Waals surface area contributed by atoms with Gasteiger partial charge in [-0.15, -0.1) is 0 Å². The topological polar surface area (TPSA) is 12.0 Å². The van der Waals surface area contributed by atoms with E-state index in [9.17, 15) is 0 Å². The van der Waals surface area contributed by atoms with E-state index in [0.29, 0.717) is 0 Å². The van der Waals surface area contributed by atoms with Crippen LogP contribution in [-0.2, 0) is 0 Å². The molecule has 0 aromatic heterocycles. The van der Waals surface area contributed by atoms with E-state index < -0.39 is 0 Å². The maximum atomic E-state index is 3.58. The van der Waals surface area contributed by atoms with Crippen molar-refractivity contribution in [3.8, 4) is 0 Å². The van der Waals surface area contributed by atoms with Gasteiger partial charge in [0.2, 0.25) is 0 Å². The zero-order chi connectivity index (χ0) is 13.9. The molecular weight excluding hydrogens is 230 g/mol. The molecule has 0 aromatic carbocycles. The lowest BCUT2D eigenvalue weighted by Gasteiger charge is -2.26. The predicted molar refractivity (Wildman–Crippen MR) is 86.6 cm³/mol. The minimum absolute atomic E-state index is 0.767. The van der Waals surface area contributed by atoms with Gasteiger partial charge in [0.05, 0.1) is 0 Å². The van der Waals surface area contributed by atoms with E-state index in [1.807, 2.05) is 0 Å². The van der Waals surface area contributed by atoms with Crippen molar-refractivity contribution in [2.24, 2.45) is 11.8 Å². The fraction of sp³-hybridized carbons (Fsp3) is 1.00. The van der Waals surface area contributed by atoms with Crippen LogP contribution in [0.4, 0.5) is 0 Å². The fourth-order valence-corrected chi connectivity index (χ4v) is 3.68. The predicted octanol–water partition coefficient (Wildman–Crippen LogP) is 5.54. The van der Waals surface area contributed by atoms with Crippen LogP contribution in [0.3, 0.4) is 0 Å². The molecule has 0 heterocycles. The molecule has 0 spiro atoms. The van der Waals surface area contributed by atoms with E-state index in [1.54, 1.807) is 0 Å². The number of unbranched alkanes of at least 4 members (excludes halogenated alkanes) is 1.